The number of carboxylic acid groups (broad SMARTS) is 1. The van der Waals surface area contributed by atoms with Crippen LogP contribution in [0.5, 0.6) is 0 Å². The summed E-state index contributed by atoms with van der Waals surface area (Å²) in [4.78, 5) is 22.1. The second-order valence-corrected chi connectivity index (χ2v) is 6.40. The molecule has 1 aliphatic rings. The van der Waals surface area contributed by atoms with Gasteiger partial charge in [-0.25, -0.2) is 4.79 Å². The zero-order valence-electron chi connectivity index (χ0n) is 11.6. The minimum atomic E-state index is -0.787. The zero-order valence-corrected chi connectivity index (χ0v) is 12.5. The molecule has 110 valence electrons. The Labute approximate surface area is 118 Å². The van der Waals surface area contributed by atoms with Crippen molar-refractivity contribution in [3.05, 3.63) is 0 Å². The fourth-order valence-corrected chi connectivity index (χ4v) is 3.06. The smallest absolute Gasteiger partial charge is 0.315 e. The molecule has 3 unspecified atom stereocenters. The minimum absolute atomic E-state index is 0.131. The number of carbonyl (C=O) groups excluding carboxylic acids is 1. The molecule has 0 aliphatic heterocycles. The predicted octanol–water partition coefficient (Wildman–Crippen LogP) is 2.07. The topological polar surface area (TPSA) is 78.4 Å². The first-order valence-corrected chi connectivity index (χ1v) is 8.09. The Morgan fingerprint density at radius 3 is 2.74 bits per heavy atom. The molecule has 19 heavy (non-hydrogen) atoms. The quantitative estimate of drug-likeness (QED) is 0.670. The molecule has 3 N–H and O–H groups in total. The summed E-state index contributed by atoms with van der Waals surface area (Å²) < 4.78 is 0. The van der Waals surface area contributed by atoms with Crippen molar-refractivity contribution in [3.8, 4) is 0 Å². The summed E-state index contributed by atoms with van der Waals surface area (Å²) in [5.74, 6) is -0.602. The summed E-state index contributed by atoms with van der Waals surface area (Å²) in [6.07, 6.45) is 6.12. The van der Waals surface area contributed by atoms with Gasteiger partial charge in [-0.3, -0.25) is 4.79 Å². The van der Waals surface area contributed by atoms with Crippen molar-refractivity contribution < 1.29 is 14.7 Å². The molecule has 0 aromatic rings. The molecular weight excluding hydrogens is 264 g/mol. The summed E-state index contributed by atoms with van der Waals surface area (Å²) in [5.41, 5.74) is 0. The van der Waals surface area contributed by atoms with Gasteiger partial charge in [0.2, 0.25) is 0 Å². The molecule has 0 bridgehead atoms. The molecular formula is C13H24N2O3S. The Balaban J connectivity index is 2.12. The number of aliphatic carboxylic acids is 1. The van der Waals surface area contributed by atoms with Gasteiger partial charge in [-0.15, -0.1) is 0 Å². The van der Waals surface area contributed by atoms with Crippen LogP contribution in [0, 0.1) is 5.92 Å². The van der Waals surface area contributed by atoms with E-state index in [1.165, 1.54) is 6.42 Å². The summed E-state index contributed by atoms with van der Waals surface area (Å²) >= 11 is 1.86. The van der Waals surface area contributed by atoms with Crippen LogP contribution in [0.4, 0.5) is 4.79 Å². The highest BCUT2D eigenvalue weighted by Gasteiger charge is 2.25. The van der Waals surface area contributed by atoms with Gasteiger partial charge in [0, 0.05) is 24.3 Å². The Morgan fingerprint density at radius 2 is 2.16 bits per heavy atom. The summed E-state index contributed by atoms with van der Waals surface area (Å²) in [6.45, 7) is 2.47. The van der Waals surface area contributed by atoms with Crippen molar-refractivity contribution >= 4 is 23.8 Å². The van der Waals surface area contributed by atoms with Crippen molar-refractivity contribution in [2.24, 2.45) is 5.92 Å². The van der Waals surface area contributed by atoms with Gasteiger partial charge in [0.25, 0.3) is 0 Å². The molecule has 1 rings (SSSR count). The lowest BCUT2D eigenvalue weighted by Crippen LogP contribution is -2.42. The van der Waals surface area contributed by atoms with Gasteiger partial charge in [0.1, 0.15) is 0 Å². The highest BCUT2D eigenvalue weighted by Crippen LogP contribution is 2.27. The van der Waals surface area contributed by atoms with E-state index in [1.54, 1.807) is 0 Å². The van der Waals surface area contributed by atoms with E-state index in [0.717, 1.165) is 12.8 Å². The van der Waals surface area contributed by atoms with Crippen LogP contribution in [0.15, 0.2) is 0 Å². The molecule has 6 heteroatoms. The first-order chi connectivity index (χ1) is 9.01. The second kappa shape index (κ2) is 8.30. The lowest BCUT2D eigenvalue weighted by molar-refractivity contribution is -0.137. The van der Waals surface area contributed by atoms with Crippen LogP contribution in [0.3, 0.4) is 0 Å². The van der Waals surface area contributed by atoms with Gasteiger partial charge >= 0.3 is 12.0 Å². The van der Waals surface area contributed by atoms with Crippen LogP contribution in [0.25, 0.3) is 0 Å². The fraction of sp³-hybridized carbons (Fsp3) is 0.846. The Hall–Kier alpha value is -0.910. The number of carbonyl (C=O) groups is 2. The van der Waals surface area contributed by atoms with E-state index in [4.69, 9.17) is 5.11 Å². The number of thioether (sulfide) groups is 1. The van der Waals surface area contributed by atoms with Crippen molar-refractivity contribution in [2.45, 2.75) is 50.3 Å². The van der Waals surface area contributed by atoms with E-state index in [0.29, 0.717) is 18.2 Å². The fourth-order valence-electron chi connectivity index (χ4n) is 2.26. The molecule has 0 radical (unpaired) electrons. The van der Waals surface area contributed by atoms with E-state index < -0.39 is 5.97 Å². The number of hydrogen-bond donors (Lipinski definition) is 3. The highest BCUT2D eigenvalue weighted by atomic mass is 32.2. The number of amides is 2. The average Bonchev–Trinajstić information content (AvgIpc) is 2.81. The van der Waals surface area contributed by atoms with Crippen molar-refractivity contribution in [3.63, 3.8) is 0 Å². The Kier molecular flexibility index (Phi) is 7.05. The third kappa shape index (κ3) is 6.71. The largest absolute Gasteiger partial charge is 0.481 e. The number of nitrogens with one attached hydrogen (secondary N) is 2. The highest BCUT2D eigenvalue weighted by molar-refractivity contribution is 7.99. The second-order valence-electron chi connectivity index (χ2n) is 5.26. The molecule has 0 saturated heterocycles. The lowest BCUT2D eigenvalue weighted by Gasteiger charge is -2.16. The van der Waals surface area contributed by atoms with Crippen molar-refractivity contribution in [1.82, 2.24) is 10.6 Å². The predicted molar refractivity (Wildman–Crippen MR) is 77.5 cm³/mol. The van der Waals surface area contributed by atoms with E-state index in [-0.39, 0.29) is 24.4 Å². The Morgan fingerprint density at radius 1 is 1.42 bits per heavy atom. The van der Waals surface area contributed by atoms with E-state index in [1.807, 2.05) is 18.7 Å². The van der Waals surface area contributed by atoms with Crippen LogP contribution in [0.2, 0.25) is 0 Å². The minimum Gasteiger partial charge on any atom is -0.481 e. The van der Waals surface area contributed by atoms with Crippen molar-refractivity contribution in [2.75, 3.05) is 12.8 Å². The molecule has 1 saturated carbocycles. The first kappa shape index (κ1) is 16.1. The molecule has 0 spiro atoms. The normalized spacial score (nSPS) is 23.9. The molecule has 2 amide bonds. The number of urea groups is 1. The van der Waals surface area contributed by atoms with E-state index in [2.05, 4.69) is 16.9 Å². The molecule has 0 heterocycles. The summed E-state index contributed by atoms with van der Waals surface area (Å²) in [5, 5.41) is 15.0. The van der Waals surface area contributed by atoms with Gasteiger partial charge < -0.3 is 15.7 Å². The summed E-state index contributed by atoms with van der Waals surface area (Å²) in [7, 11) is 0. The standard InChI is InChI=1S/C13H24N2O3S/c1-9(3-6-12(16)17)8-14-13(18)15-10-4-5-11(7-10)19-2/h9-11H,3-8H2,1-2H3,(H,16,17)(H2,14,15,18). The Bertz CT molecular complexity index is 312. The van der Waals surface area contributed by atoms with Gasteiger partial charge in [-0.05, 0) is 37.9 Å². The first-order valence-electron chi connectivity index (χ1n) is 6.80. The van der Waals surface area contributed by atoms with Crippen LogP contribution in [-0.4, -0.2) is 41.2 Å². The van der Waals surface area contributed by atoms with E-state index >= 15 is 0 Å². The third-order valence-electron chi connectivity index (χ3n) is 3.52. The van der Waals surface area contributed by atoms with Gasteiger partial charge in [0.15, 0.2) is 0 Å². The number of carboxylic acids is 1. The van der Waals surface area contributed by atoms with Gasteiger partial charge in [0.05, 0.1) is 0 Å². The van der Waals surface area contributed by atoms with E-state index in [9.17, 15) is 9.59 Å². The number of hydrogen-bond acceptors (Lipinski definition) is 3. The maximum absolute atomic E-state index is 11.7. The molecule has 3 atom stereocenters. The van der Waals surface area contributed by atoms with Crippen LogP contribution < -0.4 is 10.6 Å². The average molecular weight is 288 g/mol. The molecule has 1 fully saturated rings. The van der Waals surface area contributed by atoms with Crippen LogP contribution in [0.1, 0.15) is 39.0 Å². The number of rotatable bonds is 7. The maximum Gasteiger partial charge on any atom is 0.315 e. The third-order valence-corrected chi connectivity index (χ3v) is 4.61. The van der Waals surface area contributed by atoms with Crippen molar-refractivity contribution in [1.29, 1.82) is 0 Å². The maximum atomic E-state index is 11.7. The molecule has 1 aliphatic carbocycles. The summed E-state index contributed by atoms with van der Waals surface area (Å²) in [6, 6.07) is 0.153. The molecule has 0 aromatic heterocycles. The van der Waals surface area contributed by atoms with Crippen LogP contribution in [-0.2, 0) is 4.79 Å². The molecule has 5 nitrogen and oxygen atoms in total. The van der Waals surface area contributed by atoms with Gasteiger partial charge in [-0.1, -0.05) is 6.92 Å². The zero-order chi connectivity index (χ0) is 14.3. The van der Waals surface area contributed by atoms with Crippen LogP contribution >= 0.6 is 11.8 Å². The lowest BCUT2D eigenvalue weighted by atomic mass is 10.1. The molecule has 0 aromatic carbocycles. The SMILES string of the molecule is CSC1CCC(NC(=O)NCC(C)CCC(=O)O)C1. The van der Waals surface area contributed by atoms with Gasteiger partial charge in [-0.2, -0.15) is 11.8 Å². The monoisotopic (exact) mass is 288 g/mol.